The second-order valence-corrected chi connectivity index (χ2v) is 7.04. The number of hydrogen-bond acceptors (Lipinski definition) is 3. The molecule has 118 valence electrons. The van der Waals surface area contributed by atoms with Gasteiger partial charge in [-0.15, -0.1) is 0 Å². The minimum atomic E-state index is 0.720. The van der Waals surface area contributed by atoms with E-state index in [0.29, 0.717) is 0 Å². The number of rotatable bonds is 5. The van der Waals surface area contributed by atoms with E-state index in [1.165, 1.54) is 45.3 Å². The van der Waals surface area contributed by atoms with Crippen LogP contribution in [0.15, 0.2) is 0 Å². The van der Waals surface area contributed by atoms with Gasteiger partial charge in [-0.1, -0.05) is 20.8 Å². The van der Waals surface area contributed by atoms with Gasteiger partial charge >= 0.3 is 0 Å². The van der Waals surface area contributed by atoms with Gasteiger partial charge < -0.3 is 15.0 Å². The predicted octanol–water partition coefficient (Wildman–Crippen LogP) is 2.76. The number of hydrogen-bond donors (Lipinski definition) is 1. The molecule has 0 bridgehead atoms. The molecule has 4 unspecified atom stereocenters. The van der Waals surface area contributed by atoms with Crippen molar-refractivity contribution in [1.29, 1.82) is 0 Å². The molecule has 0 amide bonds. The zero-order chi connectivity index (χ0) is 14.4. The summed E-state index contributed by atoms with van der Waals surface area (Å²) < 4.78 is 5.59. The maximum atomic E-state index is 5.59. The van der Waals surface area contributed by atoms with Crippen LogP contribution in [0.25, 0.3) is 0 Å². The molecule has 20 heavy (non-hydrogen) atoms. The molecule has 1 aliphatic heterocycles. The van der Waals surface area contributed by atoms with Crippen molar-refractivity contribution in [2.24, 2.45) is 17.8 Å². The van der Waals surface area contributed by atoms with E-state index in [9.17, 15) is 0 Å². The molecule has 4 atom stereocenters. The fourth-order valence-corrected chi connectivity index (χ4v) is 4.06. The molecule has 0 aromatic carbocycles. The van der Waals surface area contributed by atoms with Crippen LogP contribution in [-0.2, 0) is 4.74 Å². The van der Waals surface area contributed by atoms with Gasteiger partial charge in [0.05, 0.1) is 6.61 Å². The van der Waals surface area contributed by atoms with Gasteiger partial charge in [0, 0.05) is 32.3 Å². The molecule has 3 nitrogen and oxygen atoms in total. The number of nitrogens with zero attached hydrogens (tertiary/aromatic N) is 1. The Morgan fingerprint density at radius 2 is 2.00 bits per heavy atom. The Morgan fingerprint density at radius 1 is 1.15 bits per heavy atom. The SMILES string of the molecule is CCCNC1CC(C)CC(C)C1CN1CCCOCC1. The summed E-state index contributed by atoms with van der Waals surface area (Å²) in [5.74, 6) is 2.54. The van der Waals surface area contributed by atoms with Gasteiger partial charge in [0.25, 0.3) is 0 Å². The Balaban J connectivity index is 1.92. The minimum absolute atomic E-state index is 0.720. The van der Waals surface area contributed by atoms with Crippen LogP contribution < -0.4 is 5.32 Å². The standard InChI is InChI=1S/C17H34N2O/c1-4-6-18-17-12-14(2)11-15(3)16(17)13-19-7-5-9-20-10-8-19/h14-18H,4-13H2,1-3H3. The number of ether oxygens (including phenoxy) is 1. The van der Waals surface area contributed by atoms with Gasteiger partial charge in [0.15, 0.2) is 0 Å². The lowest BCUT2D eigenvalue weighted by Gasteiger charge is -2.42. The summed E-state index contributed by atoms with van der Waals surface area (Å²) in [6.07, 6.45) is 5.20. The highest BCUT2D eigenvalue weighted by atomic mass is 16.5. The third kappa shape index (κ3) is 4.71. The Hall–Kier alpha value is -0.120. The first-order chi connectivity index (χ1) is 9.70. The van der Waals surface area contributed by atoms with Gasteiger partial charge in [0.1, 0.15) is 0 Å². The fourth-order valence-electron chi connectivity index (χ4n) is 4.06. The van der Waals surface area contributed by atoms with Gasteiger partial charge in [-0.2, -0.15) is 0 Å². The van der Waals surface area contributed by atoms with Gasteiger partial charge in [-0.05, 0) is 50.0 Å². The van der Waals surface area contributed by atoms with Crippen molar-refractivity contribution in [2.75, 3.05) is 39.4 Å². The van der Waals surface area contributed by atoms with E-state index in [-0.39, 0.29) is 0 Å². The van der Waals surface area contributed by atoms with E-state index < -0.39 is 0 Å². The quantitative estimate of drug-likeness (QED) is 0.839. The van der Waals surface area contributed by atoms with Crippen LogP contribution in [0, 0.1) is 17.8 Å². The molecule has 1 saturated heterocycles. The van der Waals surface area contributed by atoms with E-state index in [1.54, 1.807) is 0 Å². The van der Waals surface area contributed by atoms with Gasteiger partial charge in [-0.25, -0.2) is 0 Å². The largest absolute Gasteiger partial charge is 0.380 e. The van der Waals surface area contributed by atoms with Crippen LogP contribution in [0.5, 0.6) is 0 Å². The van der Waals surface area contributed by atoms with Crippen molar-refractivity contribution < 1.29 is 4.74 Å². The van der Waals surface area contributed by atoms with Crippen LogP contribution in [-0.4, -0.2) is 50.3 Å². The second-order valence-electron chi connectivity index (χ2n) is 7.04. The molecular formula is C17H34N2O. The average molecular weight is 282 g/mol. The molecule has 3 heteroatoms. The lowest BCUT2D eigenvalue weighted by molar-refractivity contribution is 0.0946. The Kier molecular flexibility index (Phi) is 6.79. The summed E-state index contributed by atoms with van der Waals surface area (Å²) in [4.78, 5) is 2.64. The summed E-state index contributed by atoms with van der Waals surface area (Å²) in [6.45, 7) is 13.8. The molecule has 1 saturated carbocycles. The lowest BCUT2D eigenvalue weighted by Crippen LogP contribution is -2.49. The van der Waals surface area contributed by atoms with E-state index in [0.717, 1.165) is 43.6 Å². The van der Waals surface area contributed by atoms with Crippen molar-refractivity contribution >= 4 is 0 Å². The van der Waals surface area contributed by atoms with E-state index >= 15 is 0 Å². The monoisotopic (exact) mass is 282 g/mol. The van der Waals surface area contributed by atoms with Crippen molar-refractivity contribution in [1.82, 2.24) is 10.2 Å². The van der Waals surface area contributed by atoms with Gasteiger partial charge in [-0.3, -0.25) is 0 Å². The summed E-state index contributed by atoms with van der Waals surface area (Å²) in [7, 11) is 0. The first-order valence-electron chi connectivity index (χ1n) is 8.74. The van der Waals surface area contributed by atoms with Crippen LogP contribution in [0.2, 0.25) is 0 Å². The van der Waals surface area contributed by atoms with Crippen LogP contribution in [0.1, 0.15) is 46.5 Å². The molecule has 0 aromatic rings. The highest BCUT2D eigenvalue weighted by Crippen LogP contribution is 2.34. The number of nitrogens with one attached hydrogen (secondary N) is 1. The molecule has 1 heterocycles. The van der Waals surface area contributed by atoms with Crippen molar-refractivity contribution in [3.63, 3.8) is 0 Å². The highest BCUT2D eigenvalue weighted by Gasteiger charge is 2.34. The van der Waals surface area contributed by atoms with Crippen LogP contribution >= 0.6 is 0 Å². The molecular weight excluding hydrogens is 248 g/mol. The van der Waals surface area contributed by atoms with E-state index in [1.807, 2.05) is 0 Å². The Morgan fingerprint density at radius 3 is 2.80 bits per heavy atom. The first-order valence-corrected chi connectivity index (χ1v) is 8.74. The third-order valence-corrected chi connectivity index (χ3v) is 5.12. The third-order valence-electron chi connectivity index (χ3n) is 5.12. The first kappa shape index (κ1) is 16.3. The maximum absolute atomic E-state index is 5.59. The molecule has 1 N–H and O–H groups in total. The highest BCUT2D eigenvalue weighted by molar-refractivity contribution is 4.89. The molecule has 2 aliphatic rings. The second kappa shape index (κ2) is 8.35. The molecule has 1 aliphatic carbocycles. The molecule has 0 spiro atoms. The molecule has 2 fully saturated rings. The normalized spacial score (nSPS) is 36.8. The van der Waals surface area contributed by atoms with E-state index in [4.69, 9.17) is 4.74 Å². The smallest absolute Gasteiger partial charge is 0.0593 e. The Labute approximate surface area is 125 Å². The van der Waals surface area contributed by atoms with E-state index in [2.05, 4.69) is 31.0 Å². The lowest BCUT2D eigenvalue weighted by atomic mass is 9.72. The maximum Gasteiger partial charge on any atom is 0.0593 e. The summed E-state index contributed by atoms with van der Waals surface area (Å²) in [5.41, 5.74) is 0. The molecule has 2 rings (SSSR count). The topological polar surface area (TPSA) is 24.5 Å². The van der Waals surface area contributed by atoms with Gasteiger partial charge in [0.2, 0.25) is 0 Å². The summed E-state index contributed by atoms with van der Waals surface area (Å²) in [6, 6.07) is 0.720. The molecule has 0 aromatic heterocycles. The Bertz CT molecular complexity index is 264. The van der Waals surface area contributed by atoms with Crippen molar-refractivity contribution in [3.8, 4) is 0 Å². The van der Waals surface area contributed by atoms with Crippen LogP contribution in [0.4, 0.5) is 0 Å². The van der Waals surface area contributed by atoms with Crippen molar-refractivity contribution in [2.45, 2.75) is 52.5 Å². The zero-order valence-electron chi connectivity index (χ0n) is 13.7. The average Bonchev–Trinajstić information content (AvgIpc) is 2.68. The predicted molar refractivity (Wildman–Crippen MR) is 85.0 cm³/mol. The summed E-state index contributed by atoms with van der Waals surface area (Å²) >= 11 is 0. The minimum Gasteiger partial charge on any atom is -0.380 e. The zero-order valence-corrected chi connectivity index (χ0v) is 13.7. The van der Waals surface area contributed by atoms with Crippen molar-refractivity contribution in [3.05, 3.63) is 0 Å². The molecule has 0 radical (unpaired) electrons. The fraction of sp³-hybridized carbons (Fsp3) is 1.00. The summed E-state index contributed by atoms with van der Waals surface area (Å²) in [5, 5.41) is 3.83. The van der Waals surface area contributed by atoms with Crippen LogP contribution in [0.3, 0.4) is 0 Å².